The van der Waals surface area contributed by atoms with Crippen LogP contribution >= 0.6 is 0 Å². The Hall–Kier alpha value is -0.770. The highest BCUT2D eigenvalue weighted by molar-refractivity contribution is 5.45. The molecule has 0 N–H and O–H groups in total. The minimum atomic E-state index is 0.586. The summed E-state index contributed by atoms with van der Waals surface area (Å²) in [5.41, 5.74) is 0. The SMILES string of the molecule is C1COCCOCCOCCOCCOCCO1.CN(C)C=O. The summed E-state index contributed by atoms with van der Waals surface area (Å²) < 4.78 is 32.0. The van der Waals surface area contributed by atoms with E-state index in [1.54, 1.807) is 14.1 Å². The summed E-state index contributed by atoms with van der Waals surface area (Å²) in [6, 6.07) is 0. The van der Waals surface area contributed by atoms with E-state index in [4.69, 9.17) is 28.4 Å². The Kier molecular flexibility index (Phi) is 18.6. The van der Waals surface area contributed by atoms with Crippen LogP contribution in [0.25, 0.3) is 0 Å². The van der Waals surface area contributed by atoms with Gasteiger partial charge in [0.2, 0.25) is 6.41 Å². The van der Waals surface area contributed by atoms with Crippen molar-refractivity contribution in [3.05, 3.63) is 0 Å². The van der Waals surface area contributed by atoms with E-state index < -0.39 is 0 Å². The lowest BCUT2D eigenvalue weighted by atomic mass is 10.6. The molecule has 1 amide bonds. The first-order chi connectivity index (χ1) is 11.3. The molecule has 23 heavy (non-hydrogen) atoms. The van der Waals surface area contributed by atoms with E-state index in [2.05, 4.69) is 0 Å². The van der Waals surface area contributed by atoms with E-state index in [0.29, 0.717) is 79.3 Å². The molecule has 8 heteroatoms. The first kappa shape index (κ1) is 22.2. The Bertz CT molecular complexity index is 167. The van der Waals surface area contributed by atoms with Crippen LogP contribution in [-0.2, 0) is 33.2 Å². The maximum absolute atomic E-state index is 9.43. The molecule has 0 spiro atoms. The smallest absolute Gasteiger partial charge is 0.209 e. The van der Waals surface area contributed by atoms with Gasteiger partial charge in [0.1, 0.15) is 0 Å². The molecule has 1 fully saturated rings. The van der Waals surface area contributed by atoms with Crippen molar-refractivity contribution in [1.29, 1.82) is 0 Å². The lowest BCUT2D eigenvalue weighted by molar-refractivity contribution is -0.115. The number of amides is 1. The van der Waals surface area contributed by atoms with Gasteiger partial charge in [-0.2, -0.15) is 0 Å². The van der Waals surface area contributed by atoms with E-state index in [9.17, 15) is 4.79 Å². The van der Waals surface area contributed by atoms with Crippen LogP contribution in [0.1, 0.15) is 0 Å². The summed E-state index contributed by atoms with van der Waals surface area (Å²) in [4.78, 5) is 10.9. The first-order valence-corrected chi connectivity index (χ1v) is 7.85. The topological polar surface area (TPSA) is 75.7 Å². The van der Waals surface area contributed by atoms with E-state index in [0.717, 1.165) is 6.41 Å². The molecule has 8 nitrogen and oxygen atoms in total. The monoisotopic (exact) mass is 337 g/mol. The third kappa shape index (κ3) is 21.2. The molecule has 1 rings (SSSR count). The van der Waals surface area contributed by atoms with Gasteiger partial charge >= 0.3 is 0 Å². The molecule has 1 saturated heterocycles. The molecule has 0 aromatic rings. The van der Waals surface area contributed by atoms with E-state index in [1.165, 1.54) is 4.90 Å². The summed E-state index contributed by atoms with van der Waals surface area (Å²) >= 11 is 0. The van der Waals surface area contributed by atoms with E-state index in [1.807, 2.05) is 0 Å². The summed E-state index contributed by atoms with van der Waals surface area (Å²) in [5.74, 6) is 0. The number of hydrogen-bond donors (Lipinski definition) is 0. The summed E-state index contributed by atoms with van der Waals surface area (Å²) in [7, 11) is 3.38. The molecule has 0 aliphatic carbocycles. The largest absolute Gasteiger partial charge is 0.377 e. The number of carbonyl (C=O) groups is 1. The van der Waals surface area contributed by atoms with Gasteiger partial charge in [-0.05, 0) is 0 Å². The average Bonchev–Trinajstić information content (AvgIpc) is 2.55. The quantitative estimate of drug-likeness (QED) is 0.614. The van der Waals surface area contributed by atoms with Gasteiger partial charge in [0.25, 0.3) is 0 Å². The fourth-order valence-corrected chi connectivity index (χ4v) is 1.32. The highest BCUT2D eigenvalue weighted by Gasteiger charge is 1.95. The van der Waals surface area contributed by atoms with Crippen molar-refractivity contribution in [1.82, 2.24) is 4.90 Å². The summed E-state index contributed by atoms with van der Waals surface area (Å²) in [6.45, 7) is 7.04. The molecule has 0 aromatic carbocycles. The van der Waals surface area contributed by atoms with Crippen LogP contribution in [0.2, 0.25) is 0 Å². The van der Waals surface area contributed by atoms with Crippen molar-refractivity contribution in [3.63, 3.8) is 0 Å². The highest BCUT2D eigenvalue weighted by Crippen LogP contribution is 1.86. The van der Waals surface area contributed by atoms with Crippen molar-refractivity contribution in [2.75, 3.05) is 93.4 Å². The van der Waals surface area contributed by atoms with Crippen LogP contribution < -0.4 is 0 Å². The molecule has 1 heterocycles. The zero-order valence-electron chi connectivity index (χ0n) is 14.4. The molecule has 1 aliphatic heterocycles. The third-order valence-electron chi connectivity index (χ3n) is 2.44. The van der Waals surface area contributed by atoms with Gasteiger partial charge < -0.3 is 33.3 Å². The Morgan fingerprint density at radius 3 is 0.739 bits per heavy atom. The standard InChI is InChI=1S/C12H24O6.C3H7NO/c1-2-14-5-6-16-9-10-18-12-11-17-8-7-15-4-3-13-1;1-4(2)3-5/h1-12H2;3H,1-2H3. The van der Waals surface area contributed by atoms with Gasteiger partial charge in [0.15, 0.2) is 0 Å². The molecule has 0 bridgehead atoms. The van der Waals surface area contributed by atoms with Gasteiger partial charge in [-0.3, -0.25) is 4.79 Å². The van der Waals surface area contributed by atoms with Crippen molar-refractivity contribution in [2.24, 2.45) is 0 Å². The van der Waals surface area contributed by atoms with Gasteiger partial charge in [-0.1, -0.05) is 0 Å². The van der Waals surface area contributed by atoms with Gasteiger partial charge in [0.05, 0.1) is 79.3 Å². The second-order valence-corrected chi connectivity index (χ2v) is 4.74. The molecule has 0 atom stereocenters. The van der Waals surface area contributed by atoms with E-state index >= 15 is 0 Å². The predicted octanol–water partition coefficient (Wildman–Crippen LogP) is -0.196. The maximum Gasteiger partial charge on any atom is 0.209 e. The Labute approximate surface area is 138 Å². The third-order valence-corrected chi connectivity index (χ3v) is 2.44. The number of rotatable bonds is 1. The molecule has 0 aromatic heterocycles. The molecular formula is C15H31NO7. The number of hydrogen-bond acceptors (Lipinski definition) is 7. The summed E-state index contributed by atoms with van der Waals surface area (Å²) in [6.07, 6.45) is 0.750. The van der Waals surface area contributed by atoms with Gasteiger partial charge in [0, 0.05) is 14.1 Å². The van der Waals surface area contributed by atoms with Crippen LogP contribution in [0.15, 0.2) is 0 Å². The lowest BCUT2D eigenvalue weighted by Gasteiger charge is -2.09. The predicted molar refractivity (Wildman–Crippen MR) is 84.7 cm³/mol. The zero-order valence-corrected chi connectivity index (χ0v) is 14.4. The average molecular weight is 337 g/mol. The molecule has 0 saturated carbocycles. The van der Waals surface area contributed by atoms with Gasteiger partial charge in [-0.25, -0.2) is 0 Å². The van der Waals surface area contributed by atoms with Gasteiger partial charge in [-0.15, -0.1) is 0 Å². The summed E-state index contributed by atoms with van der Waals surface area (Å²) in [5, 5.41) is 0. The first-order valence-electron chi connectivity index (χ1n) is 7.85. The zero-order chi connectivity index (χ0) is 17.0. The Morgan fingerprint density at radius 2 is 0.652 bits per heavy atom. The van der Waals surface area contributed by atoms with Crippen molar-refractivity contribution in [3.8, 4) is 0 Å². The van der Waals surface area contributed by atoms with Crippen LogP contribution in [0.4, 0.5) is 0 Å². The minimum Gasteiger partial charge on any atom is -0.377 e. The maximum atomic E-state index is 9.43. The molecule has 1 aliphatic rings. The Morgan fingerprint density at radius 1 is 0.522 bits per heavy atom. The van der Waals surface area contributed by atoms with Crippen LogP contribution in [-0.4, -0.2) is 105 Å². The van der Waals surface area contributed by atoms with Crippen LogP contribution in [0.3, 0.4) is 0 Å². The molecule has 0 unspecified atom stereocenters. The number of ether oxygens (including phenoxy) is 6. The van der Waals surface area contributed by atoms with Crippen molar-refractivity contribution in [2.45, 2.75) is 0 Å². The second kappa shape index (κ2) is 19.3. The fraction of sp³-hybridized carbons (Fsp3) is 0.933. The number of carbonyl (C=O) groups excluding carboxylic acids is 1. The molecular weight excluding hydrogens is 306 g/mol. The normalized spacial score (nSPS) is 20.3. The Balaban J connectivity index is 0.000000841. The minimum absolute atomic E-state index is 0.586. The number of nitrogens with zero attached hydrogens (tertiary/aromatic N) is 1. The van der Waals surface area contributed by atoms with Crippen LogP contribution in [0, 0.1) is 0 Å². The van der Waals surface area contributed by atoms with Crippen molar-refractivity contribution >= 4 is 6.41 Å². The van der Waals surface area contributed by atoms with Crippen molar-refractivity contribution < 1.29 is 33.2 Å². The molecule has 0 radical (unpaired) electrons. The second-order valence-electron chi connectivity index (χ2n) is 4.74. The fourth-order valence-electron chi connectivity index (χ4n) is 1.32. The van der Waals surface area contributed by atoms with E-state index in [-0.39, 0.29) is 0 Å². The highest BCUT2D eigenvalue weighted by atomic mass is 16.6. The van der Waals surface area contributed by atoms with Crippen LogP contribution in [0.5, 0.6) is 0 Å². The lowest BCUT2D eigenvalue weighted by Crippen LogP contribution is -2.16. The molecule has 138 valence electrons.